The van der Waals surface area contributed by atoms with Gasteiger partial charge in [0.25, 0.3) is 0 Å². The van der Waals surface area contributed by atoms with Gasteiger partial charge in [0, 0.05) is 18.5 Å². The maximum atomic E-state index is 4.71. The van der Waals surface area contributed by atoms with Crippen LogP contribution in [0.1, 0.15) is 11.1 Å². The van der Waals surface area contributed by atoms with Crippen molar-refractivity contribution in [3.8, 4) is 0 Å². The summed E-state index contributed by atoms with van der Waals surface area (Å²) in [7, 11) is 0. The lowest BCUT2D eigenvalue weighted by Gasteiger charge is -2.12. The smallest absolute Gasteiger partial charge is 0.225 e. The van der Waals surface area contributed by atoms with Gasteiger partial charge in [-0.05, 0) is 29.7 Å². The average molecular weight is 354 g/mol. The summed E-state index contributed by atoms with van der Waals surface area (Å²) in [5.74, 6) is 1.51. The zero-order valence-electron chi connectivity index (χ0n) is 15.1. The molecule has 0 aliphatic rings. The van der Waals surface area contributed by atoms with E-state index in [-0.39, 0.29) is 0 Å². The van der Waals surface area contributed by atoms with E-state index >= 15 is 0 Å². The van der Waals surface area contributed by atoms with E-state index in [1.807, 2.05) is 42.5 Å². The Bertz CT molecular complexity index is 1000. The third-order valence-electron chi connectivity index (χ3n) is 4.45. The fourth-order valence-electron chi connectivity index (χ4n) is 3.04. The van der Waals surface area contributed by atoms with Crippen LogP contribution in [0.4, 0.5) is 11.8 Å². The van der Waals surface area contributed by atoms with Gasteiger partial charge in [0.2, 0.25) is 5.95 Å². The molecular weight excluding hydrogens is 332 g/mol. The Hall–Kier alpha value is -3.40. The summed E-state index contributed by atoms with van der Waals surface area (Å²) >= 11 is 0. The van der Waals surface area contributed by atoms with Gasteiger partial charge in [0.15, 0.2) is 0 Å². The Labute approximate surface area is 159 Å². The Morgan fingerprint density at radius 3 is 2.07 bits per heavy atom. The van der Waals surface area contributed by atoms with Crippen LogP contribution in [0.5, 0.6) is 0 Å². The Morgan fingerprint density at radius 1 is 0.630 bits per heavy atom. The molecule has 4 aromatic rings. The third-order valence-corrected chi connectivity index (χ3v) is 4.45. The van der Waals surface area contributed by atoms with E-state index in [0.717, 1.165) is 36.2 Å². The van der Waals surface area contributed by atoms with E-state index in [1.165, 1.54) is 11.1 Å². The van der Waals surface area contributed by atoms with Crippen LogP contribution >= 0.6 is 0 Å². The minimum atomic E-state index is 0.653. The molecule has 0 radical (unpaired) electrons. The van der Waals surface area contributed by atoms with Gasteiger partial charge in [0.1, 0.15) is 5.82 Å². The van der Waals surface area contributed by atoms with Crippen molar-refractivity contribution in [2.75, 3.05) is 17.2 Å². The molecule has 0 saturated heterocycles. The van der Waals surface area contributed by atoms with Gasteiger partial charge in [-0.15, -0.1) is 0 Å². The number of nitrogens with zero attached hydrogens (tertiary/aromatic N) is 2. The van der Waals surface area contributed by atoms with Gasteiger partial charge in [-0.2, -0.15) is 4.98 Å². The standard InChI is InChI=1S/C23H22N4/c1-3-9-18(10-4-1)15-16-24-23-26-21-14-8-7-13-20(21)22(27-23)25-17-19-11-5-2-6-12-19/h1-14H,15-17H2,(H2,24,25,26,27). The van der Waals surface area contributed by atoms with Crippen molar-refractivity contribution in [2.24, 2.45) is 0 Å². The number of hydrogen-bond acceptors (Lipinski definition) is 4. The van der Waals surface area contributed by atoms with Gasteiger partial charge in [-0.3, -0.25) is 0 Å². The van der Waals surface area contributed by atoms with Crippen molar-refractivity contribution < 1.29 is 0 Å². The third kappa shape index (κ3) is 4.42. The van der Waals surface area contributed by atoms with Crippen LogP contribution in [0.25, 0.3) is 10.9 Å². The fourth-order valence-corrected chi connectivity index (χ4v) is 3.04. The summed E-state index contributed by atoms with van der Waals surface area (Å²) in [6.07, 6.45) is 0.934. The number of fused-ring (bicyclic) bond motifs is 1. The molecule has 4 rings (SSSR count). The highest BCUT2D eigenvalue weighted by molar-refractivity contribution is 5.90. The molecular formula is C23H22N4. The molecule has 3 aromatic carbocycles. The minimum absolute atomic E-state index is 0.653. The van der Waals surface area contributed by atoms with Gasteiger partial charge in [0.05, 0.1) is 5.52 Å². The van der Waals surface area contributed by atoms with Crippen molar-refractivity contribution >= 4 is 22.7 Å². The first-order valence-corrected chi connectivity index (χ1v) is 9.21. The molecule has 0 saturated carbocycles. The lowest BCUT2D eigenvalue weighted by Crippen LogP contribution is -2.10. The minimum Gasteiger partial charge on any atom is -0.365 e. The van der Waals surface area contributed by atoms with Gasteiger partial charge < -0.3 is 10.6 Å². The quantitative estimate of drug-likeness (QED) is 0.496. The lowest BCUT2D eigenvalue weighted by atomic mass is 10.1. The van der Waals surface area contributed by atoms with E-state index < -0.39 is 0 Å². The van der Waals surface area contributed by atoms with Crippen molar-refractivity contribution in [3.05, 3.63) is 96.1 Å². The zero-order chi connectivity index (χ0) is 18.3. The first-order chi connectivity index (χ1) is 13.4. The van der Waals surface area contributed by atoms with E-state index in [9.17, 15) is 0 Å². The van der Waals surface area contributed by atoms with E-state index in [4.69, 9.17) is 4.98 Å². The molecule has 4 heteroatoms. The second-order valence-electron chi connectivity index (χ2n) is 6.41. The molecule has 0 bridgehead atoms. The monoisotopic (exact) mass is 354 g/mol. The molecule has 27 heavy (non-hydrogen) atoms. The highest BCUT2D eigenvalue weighted by Crippen LogP contribution is 2.22. The summed E-state index contributed by atoms with van der Waals surface area (Å²) in [4.78, 5) is 9.37. The molecule has 2 N–H and O–H groups in total. The Balaban J connectivity index is 1.51. The SMILES string of the molecule is c1ccc(CCNc2nc(NCc3ccccc3)c3ccccc3n2)cc1. The first-order valence-electron chi connectivity index (χ1n) is 9.21. The Kier molecular flexibility index (Phi) is 5.25. The van der Waals surface area contributed by atoms with Crippen LogP contribution in [-0.4, -0.2) is 16.5 Å². The topological polar surface area (TPSA) is 49.8 Å². The number of nitrogens with one attached hydrogen (secondary N) is 2. The van der Waals surface area contributed by atoms with Gasteiger partial charge in [-0.1, -0.05) is 72.8 Å². The maximum absolute atomic E-state index is 4.71. The van der Waals surface area contributed by atoms with Crippen molar-refractivity contribution in [3.63, 3.8) is 0 Å². The highest BCUT2D eigenvalue weighted by Gasteiger charge is 2.07. The summed E-state index contributed by atoms with van der Waals surface area (Å²) in [6.45, 7) is 1.52. The predicted molar refractivity (Wildman–Crippen MR) is 112 cm³/mol. The lowest BCUT2D eigenvalue weighted by molar-refractivity contribution is 0.987. The normalized spacial score (nSPS) is 10.7. The molecule has 1 aromatic heterocycles. The Morgan fingerprint density at radius 2 is 1.30 bits per heavy atom. The number of rotatable bonds is 7. The molecule has 0 aliphatic heterocycles. The zero-order valence-corrected chi connectivity index (χ0v) is 15.1. The van der Waals surface area contributed by atoms with Gasteiger partial charge >= 0.3 is 0 Å². The van der Waals surface area contributed by atoms with Crippen LogP contribution < -0.4 is 10.6 Å². The molecule has 4 nitrogen and oxygen atoms in total. The number of hydrogen-bond donors (Lipinski definition) is 2. The molecule has 0 unspecified atom stereocenters. The second kappa shape index (κ2) is 8.32. The van der Waals surface area contributed by atoms with E-state index in [1.54, 1.807) is 0 Å². The maximum Gasteiger partial charge on any atom is 0.225 e. The van der Waals surface area contributed by atoms with Crippen molar-refractivity contribution in [1.82, 2.24) is 9.97 Å². The van der Waals surface area contributed by atoms with Crippen molar-refractivity contribution in [2.45, 2.75) is 13.0 Å². The average Bonchev–Trinajstić information content (AvgIpc) is 2.73. The number of anilines is 2. The highest BCUT2D eigenvalue weighted by atomic mass is 15.1. The van der Waals surface area contributed by atoms with E-state index in [0.29, 0.717) is 5.95 Å². The number of para-hydroxylation sites is 1. The molecule has 0 atom stereocenters. The number of benzene rings is 3. The summed E-state index contributed by atoms with van der Waals surface area (Å²) < 4.78 is 0. The molecule has 1 heterocycles. The van der Waals surface area contributed by atoms with Crippen molar-refractivity contribution in [1.29, 1.82) is 0 Å². The van der Waals surface area contributed by atoms with Crippen LogP contribution in [0.2, 0.25) is 0 Å². The first kappa shape index (κ1) is 17.0. The fraction of sp³-hybridized carbons (Fsp3) is 0.130. The van der Waals surface area contributed by atoms with Crippen LogP contribution in [-0.2, 0) is 13.0 Å². The van der Waals surface area contributed by atoms with Gasteiger partial charge in [-0.25, -0.2) is 4.98 Å². The molecule has 0 spiro atoms. The summed E-state index contributed by atoms with van der Waals surface area (Å²) in [5, 5.41) is 7.85. The van der Waals surface area contributed by atoms with Crippen LogP contribution in [0.3, 0.4) is 0 Å². The predicted octanol–water partition coefficient (Wildman–Crippen LogP) is 4.90. The van der Waals surface area contributed by atoms with Crippen LogP contribution in [0, 0.1) is 0 Å². The molecule has 0 amide bonds. The summed E-state index contributed by atoms with van der Waals surface area (Å²) in [5.41, 5.74) is 3.46. The second-order valence-corrected chi connectivity index (χ2v) is 6.41. The molecule has 0 fully saturated rings. The largest absolute Gasteiger partial charge is 0.365 e. The summed E-state index contributed by atoms with van der Waals surface area (Å²) in [6, 6.07) is 28.9. The molecule has 0 aliphatic carbocycles. The van der Waals surface area contributed by atoms with Crippen LogP contribution in [0.15, 0.2) is 84.9 Å². The molecule has 134 valence electrons. The van der Waals surface area contributed by atoms with E-state index in [2.05, 4.69) is 58.1 Å². The number of aromatic nitrogens is 2.